The molecule has 0 unspecified atom stereocenters. The molecule has 0 aliphatic rings. The van der Waals surface area contributed by atoms with Crippen LogP contribution in [0.25, 0.3) is 0 Å². The maximum absolute atomic E-state index is 12.0. The summed E-state index contributed by atoms with van der Waals surface area (Å²) in [7, 11) is 0. The van der Waals surface area contributed by atoms with Gasteiger partial charge in [-0.3, -0.25) is 4.79 Å². The van der Waals surface area contributed by atoms with Gasteiger partial charge >= 0.3 is 0 Å². The highest BCUT2D eigenvalue weighted by molar-refractivity contribution is 14.1. The minimum atomic E-state index is 0.0882. The van der Waals surface area contributed by atoms with Gasteiger partial charge in [0.25, 0.3) is 0 Å². The SMILES string of the molecule is Cc1ccc(SC(=O)c2ccc(I)cc2)cc1. The lowest BCUT2D eigenvalue weighted by molar-refractivity contribution is 0.108. The molecular formula is C14H11IOS. The number of carbonyl (C=O) groups excluding carboxylic acids is 1. The molecule has 2 rings (SSSR count). The molecule has 2 aromatic carbocycles. The number of rotatable bonds is 2. The molecule has 0 N–H and O–H groups in total. The van der Waals surface area contributed by atoms with Crippen molar-refractivity contribution in [3.63, 3.8) is 0 Å². The highest BCUT2D eigenvalue weighted by Gasteiger charge is 2.07. The van der Waals surface area contributed by atoms with Crippen molar-refractivity contribution in [1.82, 2.24) is 0 Å². The average molecular weight is 354 g/mol. The van der Waals surface area contributed by atoms with E-state index in [0.717, 1.165) is 14.0 Å². The Morgan fingerprint density at radius 2 is 1.59 bits per heavy atom. The number of carbonyl (C=O) groups is 1. The Morgan fingerprint density at radius 1 is 1.00 bits per heavy atom. The van der Waals surface area contributed by atoms with Crippen LogP contribution in [0.4, 0.5) is 0 Å². The first-order chi connectivity index (χ1) is 8.15. The van der Waals surface area contributed by atoms with Crippen molar-refractivity contribution in [3.05, 3.63) is 63.2 Å². The third kappa shape index (κ3) is 3.57. The number of halogens is 1. The topological polar surface area (TPSA) is 17.1 Å². The quantitative estimate of drug-likeness (QED) is 0.582. The molecule has 0 amide bonds. The molecule has 0 saturated carbocycles. The van der Waals surface area contributed by atoms with Gasteiger partial charge in [-0.15, -0.1) is 0 Å². The Bertz CT molecular complexity index is 517. The van der Waals surface area contributed by atoms with Crippen molar-refractivity contribution in [2.45, 2.75) is 11.8 Å². The molecule has 0 aliphatic heterocycles. The first-order valence-corrected chi connectivity index (χ1v) is 7.09. The van der Waals surface area contributed by atoms with Crippen LogP contribution in [0.2, 0.25) is 0 Å². The van der Waals surface area contributed by atoms with Gasteiger partial charge in [-0.25, -0.2) is 0 Å². The van der Waals surface area contributed by atoms with E-state index < -0.39 is 0 Å². The van der Waals surface area contributed by atoms with Crippen LogP contribution < -0.4 is 0 Å². The van der Waals surface area contributed by atoms with E-state index in [2.05, 4.69) is 22.6 Å². The molecule has 0 aliphatic carbocycles. The molecule has 3 heteroatoms. The lowest BCUT2D eigenvalue weighted by atomic mass is 10.2. The standard InChI is InChI=1S/C14H11IOS/c1-10-2-8-13(9-3-10)17-14(16)11-4-6-12(15)7-5-11/h2-9H,1H3. The highest BCUT2D eigenvalue weighted by atomic mass is 127. The largest absolute Gasteiger partial charge is 0.281 e. The fourth-order valence-corrected chi connectivity index (χ4v) is 2.46. The van der Waals surface area contributed by atoms with E-state index in [9.17, 15) is 4.79 Å². The van der Waals surface area contributed by atoms with Gasteiger partial charge in [-0.05, 0) is 77.7 Å². The molecule has 17 heavy (non-hydrogen) atoms. The number of aryl methyl sites for hydroxylation is 1. The number of thioether (sulfide) groups is 1. The van der Waals surface area contributed by atoms with Crippen LogP contribution in [0.3, 0.4) is 0 Å². The zero-order valence-corrected chi connectivity index (χ0v) is 12.3. The fraction of sp³-hybridized carbons (Fsp3) is 0.0714. The van der Waals surface area contributed by atoms with Crippen LogP contribution in [0.1, 0.15) is 15.9 Å². The third-order valence-corrected chi connectivity index (χ3v) is 3.96. The van der Waals surface area contributed by atoms with E-state index in [0.29, 0.717) is 0 Å². The first kappa shape index (κ1) is 12.6. The van der Waals surface area contributed by atoms with E-state index in [-0.39, 0.29) is 5.12 Å². The Labute approximate surface area is 119 Å². The Balaban J connectivity index is 2.11. The zero-order chi connectivity index (χ0) is 12.3. The van der Waals surface area contributed by atoms with Crippen molar-refractivity contribution in [2.24, 2.45) is 0 Å². The minimum Gasteiger partial charge on any atom is -0.281 e. The van der Waals surface area contributed by atoms with Gasteiger partial charge in [0.05, 0.1) is 0 Å². The summed E-state index contributed by atoms with van der Waals surface area (Å²) in [5.41, 5.74) is 1.95. The monoisotopic (exact) mass is 354 g/mol. The summed E-state index contributed by atoms with van der Waals surface area (Å²) in [6, 6.07) is 15.6. The molecule has 0 heterocycles. The molecule has 0 fully saturated rings. The van der Waals surface area contributed by atoms with Gasteiger partial charge in [0.15, 0.2) is 0 Å². The third-order valence-electron chi connectivity index (χ3n) is 2.31. The van der Waals surface area contributed by atoms with Gasteiger partial charge in [-0.2, -0.15) is 0 Å². The van der Waals surface area contributed by atoms with E-state index in [4.69, 9.17) is 0 Å². The van der Waals surface area contributed by atoms with Crippen LogP contribution in [-0.2, 0) is 0 Å². The summed E-state index contributed by atoms with van der Waals surface area (Å²) in [6.45, 7) is 2.04. The number of benzene rings is 2. The Hall–Kier alpha value is -0.810. The first-order valence-electron chi connectivity index (χ1n) is 5.19. The van der Waals surface area contributed by atoms with Crippen LogP contribution in [0, 0.1) is 10.5 Å². The van der Waals surface area contributed by atoms with Gasteiger partial charge in [0.2, 0.25) is 5.12 Å². The van der Waals surface area contributed by atoms with Crippen molar-refractivity contribution in [2.75, 3.05) is 0 Å². The molecule has 0 bridgehead atoms. The van der Waals surface area contributed by atoms with Gasteiger partial charge in [0.1, 0.15) is 0 Å². The lowest BCUT2D eigenvalue weighted by Gasteiger charge is -2.01. The maximum atomic E-state index is 12.0. The van der Waals surface area contributed by atoms with Crippen LogP contribution in [0.15, 0.2) is 53.4 Å². The molecule has 0 aromatic heterocycles. The molecular weight excluding hydrogens is 343 g/mol. The Kier molecular flexibility index (Phi) is 4.23. The van der Waals surface area contributed by atoms with Gasteiger partial charge in [-0.1, -0.05) is 17.7 Å². The smallest absolute Gasteiger partial charge is 0.224 e. The van der Waals surface area contributed by atoms with E-state index in [1.165, 1.54) is 17.3 Å². The van der Waals surface area contributed by atoms with Crippen molar-refractivity contribution >= 4 is 39.5 Å². The summed E-state index contributed by atoms with van der Waals surface area (Å²) < 4.78 is 1.14. The summed E-state index contributed by atoms with van der Waals surface area (Å²) in [4.78, 5) is 13.0. The summed E-state index contributed by atoms with van der Waals surface area (Å²) in [5, 5.41) is 0.0882. The van der Waals surface area contributed by atoms with Gasteiger partial charge in [0, 0.05) is 14.0 Å². The predicted molar refractivity (Wildman–Crippen MR) is 80.5 cm³/mol. The summed E-state index contributed by atoms with van der Waals surface area (Å²) in [5.74, 6) is 0. The predicted octanol–water partition coefficient (Wildman–Crippen LogP) is 4.53. The maximum Gasteiger partial charge on any atom is 0.224 e. The van der Waals surface area contributed by atoms with Crippen molar-refractivity contribution in [3.8, 4) is 0 Å². The molecule has 0 spiro atoms. The molecule has 0 radical (unpaired) electrons. The average Bonchev–Trinajstić information content (AvgIpc) is 2.33. The van der Waals surface area contributed by atoms with Crippen LogP contribution in [0.5, 0.6) is 0 Å². The zero-order valence-electron chi connectivity index (χ0n) is 9.31. The minimum absolute atomic E-state index is 0.0882. The summed E-state index contributed by atoms with van der Waals surface area (Å²) in [6.07, 6.45) is 0. The van der Waals surface area contributed by atoms with Gasteiger partial charge < -0.3 is 0 Å². The van der Waals surface area contributed by atoms with Crippen molar-refractivity contribution in [1.29, 1.82) is 0 Å². The Morgan fingerprint density at radius 3 is 2.18 bits per heavy atom. The molecule has 86 valence electrons. The molecule has 1 nitrogen and oxygen atoms in total. The fourth-order valence-electron chi connectivity index (χ4n) is 1.36. The second kappa shape index (κ2) is 5.69. The second-order valence-electron chi connectivity index (χ2n) is 3.71. The number of hydrogen-bond acceptors (Lipinski definition) is 2. The second-order valence-corrected chi connectivity index (χ2v) is 6.00. The van der Waals surface area contributed by atoms with Crippen LogP contribution in [-0.4, -0.2) is 5.12 Å². The van der Waals surface area contributed by atoms with Crippen LogP contribution >= 0.6 is 34.4 Å². The van der Waals surface area contributed by atoms with E-state index in [1.54, 1.807) is 0 Å². The lowest BCUT2D eigenvalue weighted by Crippen LogP contribution is -1.92. The number of hydrogen-bond donors (Lipinski definition) is 0. The van der Waals surface area contributed by atoms with E-state index >= 15 is 0 Å². The molecule has 0 atom stereocenters. The normalized spacial score (nSPS) is 10.2. The molecule has 2 aromatic rings. The van der Waals surface area contributed by atoms with E-state index in [1.807, 2.05) is 55.5 Å². The van der Waals surface area contributed by atoms with Crippen molar-refractivity contribution < 1.29 is 4.79 Å². The highest BCUT2D eigenvalue weighted by Crippen LogP contribution is 2.23. The summed E-state index contributed by atoms with van der Waals surface area (Å²) >= 11 is 3.50. The molecule has 0 saturated heterocycles.